The first kappa shape index (κ1) is 44.7. The van der Waals surface area contributed by atoms with Crippen molar-refractivity contribution in [3.8, 4) is 23.0 Å². The fourth-order valence-corrected chi connectivity index (χ4v) is 5.53. The van der Waals surface area contributed by atoms with E-state index in [9.17, 15) is 55.7 Å². The van der Waals surface area contributed by atoms with Crippen LogP contribution in [0.25, 0.3) is 12.2 Å². The zero-order valence-corrected chi connectivity index (χ0v) is 31.1. The van der Waals surface area contributed by atoms with Crippen molar-refractivity contribution in [2.24, 2.45) is 0 Å². The molecular weight excluding hydrogens is 818 g/mol. The lowest BCUT2D eigenvalue weighted by Gasteiger charge is -2.29. The van der Waals surface area contributed by atoms with Crippen molar-refractivity contribution in [2.75, 3.05) is 11.5 Å². The maximum Gasteiger partial charge on any atom is 0.573 e. The molecule has 0 aliphatic heterocycles. The van der Waals surface area contributed by atoms with E-state index < -0.39 is 65.9 Å². The molecular formula is C43H32F6N2O10. The summed E-state index contributed by atoms with van der Waals surface area (Å²) in [7, 11) is 0. The van der Waals surface area contributed by atoms with Crippen LogP contribution in [0, 0.1) is 0 Å². The van der Waals surface area contributed by atoms with Crippen molar-refractivity contribution in [1.82, 2.24) is 0 Å². The van der Waals surface area contributed by atoms with Crippen molar-refractivity contribution >= 4 is 47.0 Å². The Bertz CT molecular complexity index is 2410. The average Bonchev–Trinajstić information content (AvgIpc) is 3.18. The Kier molecular flexibility index (Phi) is 13.7. The number of allylic oxidation sites excluding steroid dienone is 1. The zero-order valence-electron chi connectivity index (χ0n) is 31.1. The van der Waals surface area contributed by atoms with Gasteiger partial charge in [0.15, 0.2) is 5.78 Å². The van der Waals surface area contributed by atoms with Gasteiger partial charge in [0, 0.05) is 17.8 Å². The van der Waals surface area contributed by atoms with Gasteiger partial charge in [-0.05, 0) is 120 Å². The Labute approximate surface area is 341 Å². The lowest BCUT2D eigenvalue weighted by molar-refractivity contribution is -0.275. The van der Waals surface area contributed by atoms with Gasteiger partial charge in [-0.25, -0.2) is 9.59 Å². The van der Waals surface area contributed by atoms with Crippen LogP contribution in [-0.4, -0.2) is 52.2 Å². The maximum absolute atomic E-state index is 13.3. The number of nitrogen functional groups attached to an aromatic ring is 2. The minimum atomic E-state index is -4.91. The lowest BCUT2D eigenvalue weighted by atomic mass is 9.83. The largest absolute Gasteiger partial charge is 0.573 e. The first-order valence-corrected chi connectivity index (χ1v) is 17.5. The fourth-order valence-electron chi connectivity index (χ4n) is 5.53. The number of nitrogens with two attached hydrogens (primary N) is 2. The smallest absolute Gasteiger partial charge is 0.423 e. The van der Waals surface area contributed by atoms with Gasteiger partial charge in [-0.2, -0.15) is 0 Å². The lowest BCUT2D eigenvalue weighted by Crippen LogP contribution is -2.44. The molecule has 0 heterocycles. The van der Waals surface area contributed by atoms with E-state index in [-0.39, 0.29) is 39.6 Å². The van der Waals surface area contributed by atoms with Gasteiger partial charge >= 0.3 is 24.7 Å². The molecule has 1 unspecified atom stereocenters. The molecule has 0 saturated carbocycles. The van der Waals surface area contributed by atoms with Crippen LogP contribution in [0.4, 0.5) is 37.7 Å². The Balaban J connectivity index is 1.22. The van der Waals surface area contributed by atoms with Crippen LogP contribution in [0.15, 0.2) is 127 Å². The predicted molar refractivity (Wildman–Crippen MR) is 207 cm³/mol. The highest BCUT2D eigenvalue weighted by Crippen LogP contribution is 2.35. The zero-order chi connectivity index (χ0) is 44.5. The maximum atomic E-state index is 13.3. The molecule has 0 radical (unpaired) electrons. The van der Waals surface area contributed by atoms with E-state index in [1.165, 1.54) is 78.9 Å². The summed E-state index contributed by atoms with van der Waals surface area (Å²) in [6.07, 6.45) is -5.84. The van der Waals surface area contributed by atoms with Crippen molar-refractivity contribution in [3.63, 3.8) is 0 Å². The molecule has 0 aliphatic rings. The summed E-state index contributed by atoms with van der Waals surface area (Å²) in [5.41, 5.74) is 12.8. The average molecular weight is 851 g/mol. The van der Waals surface area contributed by atoms with Gasteiger partial charge < -0.3 is 40.6 Å². The van der Waals surface area contributed by atoms with Crippen molar-refractivity contribution < 1.29 is 74.7 Å². The number of benzene rings is 5. The van der Waals surface area contributed by atoms with Crippen LogP contribution in [0.1, 0.15) is 49.7 Å². The normalized spacial score (nSPS) is 12.5. The highest BCUT2D eigenvalue weighted by molar-refractivity contribution is 6.01. The molecule has 316 valence electrons. The highest BCUT2D eigenvalue weighted by atomic mass is 19.4. The first-order chi connectivity index (χ1) is 28.6. The number of anilines is 2. The van der Waals surface area contributed by atoms with Gasteiger partial charge in [0.2, 0.25) is 11.6 Å². The number of ether oxygens (including phenoxy) is 4. The van der Waals surface area contributed by atoms with Crippen LogP contribution < -0.4 is 30.4 Å². The molecule has 0 bridgehead atoms. The Morgan fingerprint density at radius 3 is 1.33 bits per heavy atom. The number of hydrogen-bond acceptors (Lipinski definition) is 12. The monoisotopic (exact) mass is 850 g/mol. The van der Waals surface area contributed by atoms with E-state index in [1.807, 2.05) is 0 Å². The molecule has 6 N–H and O–H groups in total. The third kappa shape index (κ3) is 13.3. The molecule has 1 atom stereocenters. The van der Waals surface area contributed by atoms with Crippen LogP contribution >= 0.6 is 0 Å². The number of carbonyl (C=O) groups excluding carboxylic acids is 4. The van der Waals surface area contributed by atoms with Crippen molar-refractivity contribution in [3.05, 3.63) is 155 Å². The molecule has 0 amide bonds. The summed E-state index contributed by atoms with van der Waals surface area (Å²) in [4.78, 5) is 51.5. The van der Waals surface area contributed by atoms with Gasteiger partial charge in [-0.1, -0.05) is 36.4 Å². The quantitative estimate of drug-likeness (QED) is 0.0199. The summed E-state index contributed by atoms with van der Waals surface area (Å²) in [5, 5.41) is 22.5. The van der Waals surface area contributed by atoms with E-state index in [0.717, 1.165) is 60.7 Å². The Morgan fingerprint density at radius 1 is 0.557 bits per heavy atom. The Hall–Kier alpha value is -7.44. The van der Waals surface area contributed by atoms with Crippen LogP contribution in [-0.2, 0) is 9.59 Å². The molecule has 0 spiro atoms. The molecule has 18 heteroatoms. The SMILES string of the molecule is Nc1cc(N)cc(C(CC(=O)/C=C/c2ccc(OC(=O)c3ccc(OC(F)(F)F)cc3)cc2)C(O)(O)C(=O)/C=C/c2ccc(OC(=O)c3ccc(OC(F)(F)F)cc3)cc2)c1. The predicted octanol–water partition coefficient (Wildman–Crippen LogP) is 7.81. The summed E-state index contributed by atoms with van der Waals surface area (Å²) < 4.78 is 92.5. The van der Waals surface area contributed by atoms with Crippen LogP contribution in [0.5, 0.6) is 23.0 Å². The molecule has 0 fully saturated rings. The number of alkyl halides is 6. The number of rotatable bonds is 15. The standard InChI is InChI=1S/C43H32F6N2O10/c44-42(45,46)60-35-16-7-27(8-17-35)39(54)58-33-12-2-25(3-13-33)1-11-32(52)24-37(29-21-30(50)23-31(51)22-29)41(56,57)38(53)20-6-26-4-14-34(15-5-26)59-40(55)28-9-18-36(19-10-28)61-43(47,48)49/h1-23,37,56-57H,24,50-51H2/b11-1+,20-6+. The second-order valence-corrected chi connectivity index (χ2v) is 13.0. The summed E-state index contributed by atoms with van der Waals surface area (Å²) in [6, 6.07) is 23.5. The molecule has 0 aromatic heterocycles. The number of ketones is 2. The van der Waals surface area contributed by atoms with Crippen molar-refractivity contribution in [2.45, 2.75) is 30.9 Å². The minimum absolute atomic E-state index is 0.0405. The number of esters is 2. The Morgan fingerprint density at radius 2 is 0.934 bits per heavy atom. The van der Waals surface area contributed by atoms with E-state index >= 15 is 0 Å². The first-order valence-electron chi connectivity index (χ1n) is 17.5. The third-order valence-electron chi connectivity index (χ3n) is 8.37. The summed E-state index contributed by atoms with van der Waals surface area (Å²) in [5.74, 6) is -9.31. The van der Waals surface area contributed by atoms with Gasteiger partial charge in [0.25, 0.3) is 0 Å². The van der Waals surface area contributed by atoms with Gasteiger partial charge in [0.1, 0.15) is 23.0 Å². The third-order valence-corrected chi connectivity index (χ3v) is 8.37. The van der Waals surface area contributed by atoms with Crippen LogP contribution in [0.2, 0.25) is 0 Å². The molecule has 0 saturated heterocycles. The van der Waals surface area contributed by atoms with Crippen LogP contribution in [0.3, 0.4) is 0 Å². The van der Waals surface area contributed by atoms with Crippen molar-refractivity contribution in [1.29, 1.82) is 0 Å². The topological polar surface area (TPSA) is 198 Å². The van der Waals surface area contributed by atoms with Gasteiger partial charge in [-0.15, -0.1) is 26.3 Å². The highest BCUT2D eigenvalue weighted by Gasteiger charge is 2.42. The summed E-state index contributed by atoms with van der Waals surface area (Å²) in [6.45, 7) is 0. The molecule has 12 nitrogen and oxygen atoms in total. The molecule has 61 heavy (non-hydrogen) atoms. The fraction of sp³-hybridized carbons (Fsp3) is 0.116. The number of aliphatic hydroxyl groups is 2. The van der Waals surface area contributed by atoms with E-state index in [1.54, 1.807) is 0 Å². The number of halogens is 6. The van der Waals surface area contributed by atoms with E-state index in [2.05, 4.69) is 9.47 Å². The van der Waals surface area contributed by atoms with E-state index in [0.29, 0.717) is 11.1 Å². The summed E-state index contributed by atoms with van der Waals surface area (Å²) >= 11 is 0. The number of carbonyl (C=O) groups is 4. The molecule has 5 aromatic rings. The van der Waals surface area contributed by atoms with E-state index in [4.69, 9.17) is 20.9 Å². The molecule has 5 rings (SSSR count). The second-order valence-electron chi connectivity index (χ2n) is 13.0. The van der Waals surface area contributed by atoms with Gasteiger partial charge in [-0.3, -0.25) is 9.59 Å². The molecule has 5 aromatic carbocycles. The minimum Gasteiger partial charge on any atom is -0.423 e. The second kappa shape index (κ2) is 18.6. The number of hydrogen-bond donors (Lipinski definition) is 4. The molecule has 0 aliphatic carbocycles. The van der Waals surface area contributed by atoms with Gasteiger partial charge in [0.05, 0.1) is 17.0 Å².